The predicted molar refractivity (Wildman–Crippen MR) is 70.4 cm³/mol. The van der Waals surface area contributed by atoms with Crippen LogP contribution in [-0.2, 0) is 13.1 Å². The highest BCUT2D eigenvalue weighted by atomic mass is 14.9. The smallest absolute Gasteiger partial charge is 0.0208 e. The molecule has 0 aromatic heterocycles. The average molecular weight is 230 g/mol. The zero-order valence-corrected chi connectivity index (χ0v) is 10.4. The van der Waals surface area contributed by atoms with E-state index in [2.05, 4.69) is 29.6 Å². The molecule has 0 radical (unpaired) electrons. The van der Waals surface area contributed by atoms with E-state index < -0.39 is 0 Å². The lowest BCUT2D eigenvalue weighted by Crippen LogP contribution is -2.33. The minimum absolute atomic E-state index is 0.641. The van der Waals surface area contributed by atoms with E-state index in [1.165, 1.54) is 36.8 Å². The van der Waals surface area contributed by atoms with Gasteiger partial charge in [0.1, 0.15) is 0 Å². The Labute approximate surface area is 104 Å². The molecule has 1 aromatic rings. The summed E-state index contributed by atoms with van der Waals surface area (Å²) in [5.41, 5.74) is 8.27. The Balaban J connectivity index is 1.56. The molecule has 0 heterocycles. The van der Waals surface area contributed by atoms with Crippen molar-refractivity contribution >= 4 is 0 Å². The van der Waals surface area contributed by atoms with E-state index in [0.29, 0.717) is 6.54 Å². The van der Waals surface area contributed by atoms with Crippen molar-refractivity contribution in [3.63, 3.8) is 0 Å². The normalized spacial score (nSPS) is 31.0. The molecular formula is C15H22N2. The summed E-state index contributed by atoms with van der Waals surface area (Å²) in [4.78, 5) is 0. The van der Waals surface area contributed by atoms with Crippen LogP contribution in [0.15, 0.2) is 24.3 Å². The van der Waals surface area contributed by atoms with Crippen LogP contribution in [0, 0.1) is 11.8 Å². The molecule has 2 saturated carbocycles. The molecule has 2 fully saturated rings. The summed E-state index contributed by atoms with van der Waals surface area (Å²) >= 11 is 0. The third-order valence-electron chi connectivity index (χ3n) is 4.53. The first-order valence-electron chi connectivity index (χ1n) is 6.86. The van der Waals surface area contributed by atoms with Gasteiger partial charge in [0, 0.05) is 19.1 Å². The van der Waals surface area contributed by atoms with Crippen molar-refractivity contribution in [1.29, 1.82) is 0 Å². The first kappa shape index (κ1) is 11.2. The molecule has 92 valence electrons. The number of rotatable bonds is 4. The molecule has 0 amide bonds. The Bertz CT molecular complexity index is 388. The molecule has 2 bridgehead atoms. The van der Waals surface area contributed by atoms with Crippen LogP contribution < -0.4 is 11.1 Å². The minimum atomic E-state index is 0.641. The second kappa shape index (κ2) is 4.79. The summed E-state index contributed by atoms with van der Waals surface area (Å²) in [6.07, 6.45) is 5.80. The van der Waals surface area contributed by atoms with Crippen LogP contribution in [-0.4, -0.2) is 6.04 Å². The minimum Gasteiger partial charge on any atom is -0.326 e. The quantitative estimate of drug-likeness (QED) is 0.833. The van der Waals surface area contributed by atoms with Crippen molar-refractivity contribution in [2.75, 3.05) is 0 Å². The van der Waals surface area contributed by atoms with Gasteiger partial charge < -0.3 is 11.1 Å². The summed E-state index contributed by atoms with van der Waals surface area (Å²) < 4.78 is 0. The molecule has 1 aromatic carbocycles. The van der Waals surface area contributed by atoms with E-state index in [1.807, 2.05) is 0 Å². The number of hydrogen-bond donors (Lipinski definition) is 2. The van der Waals surface area contributed by atoms with Gasteiger partial charge in [-0.25, -0.2) is 0 Å². The zero-order chi connectivity index (χ0) is 11.7. The fraction of sp³-hybridized carbons (Fsp3) is 0.600. The lowest BCUT2D eigenvalue weighted by Gasteiger charge is -2.23. The third kappa shape index (κ3) is 2.38. The van der Waals surface area contributed by atoms with Gasteiger partial charge in [0.2, 0.25) is 0 Å². The van der Waals surface area contributed by atoms with Crippen molar-refractivity contribution in [3.8, 4) is 0 Å². The van der Waals surface area contributed by atoms with Crippen molar-refractivity contribution < 1.29 is 0 Å². The Morgan fingerprint density at radius 2 is 2.06 bits per heavy atom. The molecule has 2 nitrogen and oxygen atoms in total. The Morgan fingerprint density at radius 3 is 2.76 bits per heavy atom. The van der Waals surface area contributed by atoms with Crippen LogP contribution in [0.25, 0.3) is 0 Å². The van der Waals surface area contributed by atoms with Gasteiger partial charge in [-0.3, -0.25) is 0 Å². The highest BCUT2D eigenvalue weighted by molar-refractivity contribution is 5.23. The number of fused-ring (bicyclic) bond motifs is 2. The highest BCUT2D eigenvalue weighted by Crippen LogP contribution is 2.44. The number of benzene rings is 1. The van der Waals surface area contributed by atoms with Gasteiger partial charge >= 0.3 is 0 Å². The molecule has 2 aliphatic rings. The van der Waals surface area contributed by atoms with Gasteiger partial charge in [-0.05, 0) is 42.2 Å². The number of nitrogens with one attached hydrogen (secondary N) is 1. The standard InChI is InChI=1S/C15H22N2/c16-9-12-2-1-3-13(6-12)10-17-15-8-11-4-5-14(15)7-11/h1-3,6,11,14-15,17H,4-5,7-10,16H2. The molecule has 3 unspecified atom stereocenters. The van der Waals surface area contributed by atoms with E-state index in [4.69, 9.17) is 5.73 Å². The largest absolute Gasteiger partial charge is 0.326 e. The average Bonchev–Trinajstić information content (AvgIpc) is 2.99. The first-order valence-corrected chi connectivity index (χ1v) is 6.86. The number of nitrogens with two attached hydrogens (primary N) is 1. The molecule has 3 N–H and O–H groups in total. The second-order valence-electron chi connectivity index (χ2n) is 5.69. The number of hydrogen-bond acceptors (Lipinski definition) is 2. The summed E-state index contributed by atoms with van der Waals surface area (Å²) in [6, 6.07) is 9.40. The van der Waals surface area contributed by atoms with Gasteiger partial charge in [-0.2, -0.15) is 0 Å². The maximum absolute atomic E-state index is 5.67. The summed E-state index contributed by atoms with van der Waals surface area (Å²) in [5.74, 6) is 1.98. The molecule has 0 aliphatic heterocycles. The summed E-state index contributed by atoms with van der Waals surface area (Å²) in [7, 11) is 0. The van der Waals surface area contributed by atoms with Crippen LogP contribution in [0.3, 0.4) is 0 Å². The molecule has 17 heavy (non-hydrogen) atoms. The van der Waals surface area contributed by atoms with Crippen molar-refractivity contribution in [1.82, 2.24) is 5.32 Å². The molecular weight excluding hydrogens is 208 g/mol. The van der Waals surface area contributed by atoms with E-state index in [0.717, 1.165) is 24.4 Å². The van der Waals surface area contributed by atoms with Crippen LogP contribution in [0.5, 0.6) is 0 Å². The molecule has 3 atom stereocenters. The van der Waals surface area contributed by atoms with Crippen molar-refractivity contribution in [2.24, 2.45) is 17.6 Å². The van der Waals surface area contributed by atoms with Crippen molar-refractivity contribution in [3.05, 3.63) is 35.4 Å². The van der Waals surface area contributed by atoms with Crippen LogP contribution in [0.2, 0.25) is 0 Å². The van der Waals surface area contributed by atoms with Crippen LogP contribution >= 0.6 is 0 Å². The highest BCUT2D eigenvalue weighted by Gasteiger charge is 2.38. The fourth-order valence-corrected chi connectivity index (χ4v) is 3.61. The molecule has 0 spiro atoms. The maximum atomic E-state index is 5.67. The second-order valence-corrected chi connectivity index (χ2v) is 5.69. The zero-order valence-electron chi connectivity index (χ0n) is 10.4. The summed E-state index contributed by atoms with van der Waals surface area (Å²) in [5, 5.41) is 3.74. The molecule has 3 rings (SSSR count). The molecule has 2 heteroatoms. The predicted octanol–water partition coefficient (Wildman–Crippen LogP) is 2.42. The molecule has 0 saturated heterocycles. The third-order valence-corrected chi connectivity index (χ3v) is 4.53. The van der Waals surface area contributed by atoms with E-state index >= 15 is 0 Å². The van der Waals surface area contributed by atoms with Gasteiger partial charge in [-0.15, -0.1) is 0 Å². The fourth-order valence-electron chi connectivity index (χ4n) is 3.61. The SMILES string of the molecule is NCc1cccc(CNC2CC3CCC2C3)c1. The lowest BCUT2D eigenvalue weighted by molar-refractivity contribution is 0.350. The Hall–Kier alpha value is -0.860. The lowest BCUT2D eigenvalue weighted by atomic mass is 9.95. The Morgan fingerprint density at radius 1 is 1.18 bits per heavy atom. The van der Waals surface area contributed by atoms with Crippen LogP contribution in [0.1, 0.15) is 36.8 Å². The maximum Gasteiger partial charge on any atom is 0.0208 e. The van der Waals surface area contributed by atoms with E-state index in [9.17, 15) is 0 Å². The first-order chi connectivity index (χ1) is 8.35. The van der Waals surface area contributed by atoms with E-state index in [1.54, 1.807) is 0 Å². The molecule has 2 aliphatic carbocycles. The van der Waals surface area contributed by atoms with Gasteiger partial charge in [-0.1, -0.05) is 30.7 Å². The summed E-state index contributed by atoms with van der Waals surface area (Å²) in [6.45, 7) is 1.64. The van der Waals surface area contributed by atoms with Gasteiger partial charge in [0.15, 0.2) is 0 Å². The van der Waals surface area contributed by atoms with E-state index in [-0.39, 0.29) is 0 Å². The Kier molecular flexibility index (Phi) is 3.17. The van der Waals surface area contributed by atoms with Crippen LogP contribution in [0.4, 0.5) is 0 Å². The monoisotopic (exact) mass is 230 g/mol. The van der Waals surface area contributed by atoms with Crippen molar-refractivity contribution in [2.45, 2.75) is 44.8 Å². The topological polar surface area (TPSA) is 38.0 Å². The van der Waals surface area contributed by atoms with Gasteiger partial charge in [0.05, 0.1) is 0 Å². The van der Waals surface area contributed by atoms with Gasteiger partial charge in [0.25, 0.3) is 0 Å².